The molecule has 3 aromatic carbocycles. The van der Waals surface area contributed by atoms with Crippen molar-refractivity contribution in [2.24, 2.45) is 0 Å². The minimum absolute atomic E-state index is 0.0463. The largest absolute Gasteiger partial charge is 0.466 e. The fourth-order valence-corrected chi connectivity index (χ4v) is 4.96. The Hall–Kier alpha value is -2.44. The molecule has 0 radical (unpaired) electrons. The smallest absolute Gasteiger partial charge is 0.305 e. The zero-order valence-electron chi connectivity index (χ0n) is 14.0. The third-order valence-electron chi connectivity index (χ3n) is 3.83. The SMILES string of the molecule is O=C1CCCO1.c1ccc(P(c2ccccc2)c2ccccc2)cc1. The standard InChI is InChI=1S/C18H15P.C4H6O2/c1-4-10-16(11-5-1)19(17-12-6-2-7-13-17)18-14-8-3-9-15-18;5-4-2-1-3-6-4/h1-15H;1-3H2. The Labute approximate surface area is 150 Å². The van der Waals surface area contributed by atoms with Gasteiger partial charge in [-0.25, -0.2) is 0 Å². The third-order valence-corrected chi connectivity index (χ3v) is 6.28. The lowest BCUT2D eigenvalue weighted by Crippen LogP contribution is -2.20. The van der Waals surface area contributed by atoms with Gasteiger partial charge in [0.15, 0.2) is 0 Å². The van der Waals surface area contributed by atoms with Crippen LogP contribution in [-0.4, -0.2) is 12.6 Å². The topological polar surface area (TPSA) is 26.3 Å². The minimum atomic E-state index is -0.446. The lowest BCUT2D eigenvalue weighted by molar-refractivity contribution is -0.137. The fraction of sp³-hybridized carbons (Fsp3) is 0.136. The van der Waals surface area contributed by atoms with Crippen molar-refractivity contribution in [1.29, 1.82) is 0 Å². The van der Waals surface area contributed by atoms with E-state index in [1.807, 2.05) is 0 Å². The average molecular weight is 348 g/mol. The van der Waals surface area contributed by atoms with Gasteiger partial charge in [-0.1, -0.05) is 91.0 Å². The zero-order valence-corrected chi connectivity index (χ0v) is 14.9. The number of carbonyl (C=O) groups is 1. The predicted octanol–water partition coefficient (Wildman–Crippen LogP) is 3.77. The first-order valence-electron chi connectivity index (χ1n) is 8.45. The molecule has 0 spiro atoms. The molecular formula is C22H21O2P. The van der Waals surface area contributed by atoms with Gasteiger partial charge in [0.05, 0.1) is 6.61 Å². The average Bonchev–Trinajstić information content (AvgIpc) is 3.16. The van der Waals surface area contributed by atoms with Gasteiger partial charge in [0.25, 0.3) is 0 Å². The van der Waals surface area contributed by atoms with E-state index in [1.165, 1.54) is 15.9 Å². The molecule has 0 bridgehead atoms. The Morgan fingerprint density at radius 2 is 1.04 bits per heavy atom. The maximum atomic E-state index is 10.0. The van der Waals surface area contributed by atoms with Gasteiger partial charge < -0.3 is 4.74 Å². The summed E-state index contributed by atoms with van der Waals surface area (Å²) in [6.45, 7) is 0.638. The fourth-order valence-electron chi connectivity index (χ4n) is 2.65. The molecule has 0 aromatic heterocycles. The third kappa shape index (κ3) is 5.01. The molecule has 0 saturated carbocycles. The van der Waals surface area contributed by atoms with Crippen molar-refractivity contribution < 1.29 is 9.53 Å². The van der Waals surface area contributed by atoms with E-state index in [4.69, 9.17) is 0 Å². The summed E-state index contributed by atoms with van der Waals surface area (Å²) in [6, 6.07) is 32.3. The van der Waals surface area contributed by atoms with Crippen LogP contribution in [0.25, 0.3) is 0 Å². The molecule has 0 N–H and O–H groups in total. The van der Waals surface area contributed by atoms with Crippen molar-refractivity contribution in [3.8, 4) is 0 Å². The molecule has 0 atom stereocenters. The van der Waals surface area contributed by atoms with Gasteiger partial charge in [-0.05, 0) is 30.3 Å². The predicted molar refractivity (Wildman–Crippen MR) is 105 cm³/mol. The van der Waals surface area contributed by atoms with Crippen LogP contribution in [0.15, 0.2) is 91.0 Å². The van der Waals surface area contributed by atoms with E-state index < -0.39 is 7.92 Å². The number of cyclic esters (lactones) is 1. The summed E-state index contributed by atoms with van der Waals surface area (Å²) >= 11 is 0. The van der Waals surface area contributed by atoms with Crippen LogP contribution in [-0.2, 0) is 9.53 Å². The molecule has 0 unspecified atom stereocenters. The first kappa shape index (κ1) is 17.4. The Balaban J connectivity index is 0.000000258. The molecule has 1 aliphatic rings. The number of carbonyl (C=O) groups excluding carboxylic acids is 1. The minimum Gasteiger partial charge on any atom is -0.466 e. The maximum absolute atomic E-state index is 10.0. The van der Waals surface area contributed by atoms with Crippen LogP contribution in [0.5, 0.6) is 0 Å². The van der Waals surface area contributed by atoms with E-state index in [-0.39, 0.29) is 5.97 Å². The van der Waals surface area contributed by atoms with Gasteiger partial charge in [-0.2, -0.15) is 0 Å². The Kier molecular flexibility index (Phi) is 6.36. The number of ether oxygens (including phenoxy) is 1. The van der Waals surface area contributed by atoms with Crippen LogP contribution in [0.3, 0.4) is 0 Å². The Morgan fingerprint density at radius 1 is 0.640 bits per heavy atom. The van der Waals surface area contributed by atoms with Crippen molar-refractivity contribution in [2.75, 3.05) is 6.61 Å². The highest BCUT2D eigenvalue weighted by Crippen LogP contribution is 2.32. The van der Waals surface area contributed by atoms with Gasteiger partial charge in [0.1, 0.15) is 0 Å². The molecule has 0 amide bonds. The highest BCUT2D eigenvalue weighted by Gasteiger charge is 2.15. The monoisotopic (exact) mass is 348 g/mol. The number of hydrogen-bond donors (Lipinski definition) is 0. The summed E-state index contributed by atoms with van der Waals surface area (Å²) in [5.74, 6) is -0.0463. The first-order valence-corrected chi connectivity index (χ1v) is 9.79. The van der Waals surface area contributed by atoms with E-state index in [1.54, 1.807) is 0 Å². The van der Waals surface area contributed by atoms with E-state index in [0.29, 0.717) is 13.0 Å². The highest BCUT2D eigenvalue weighted by atomic mass is 31.1. The van der Waals surface area contributed by atoms with Crippen LogP contribution in [0, 0.1) is 0 Å². The molecule has 0 aliphatic carbocycles. The Bertz CT molecular complexity index is 671. The van der Waals surface area contributed by atoms with E-state index in [2.05, 4.69) is 95.7 Å². The summed E-state index contributed by atoms with van der Waals surface area (Å²) in [6.07, 6.45) is 1.54. The number of benzene rings is 3. The van der Waals surface area contributed by atoms with Crippen molar-refractivity contribution in [1.82, 2.24) is 0 Å². The van der Waals surface area contributed by atoms with Gasteiger partial charge in [0.2, 0.25) is 0 Å². The summed E-state index contributed by atoms with van der Waals surface area (Å²) < 4.78 is 4.51. The summed E-state index contributed by atoms with van der Waals surface area (Å²) in [4.78, 5) is 10.0. The van der Waals surface area contributed by atoms with Crippen LogP contribution >= 0.6 is 7.92 Å². The summed E-state index contributed by atoms with van der Waals surface area (Å²) in [7, 11) is -0.446. The zero-order chi connectivity index (χ0) is 17.3. The van der Waals surface area contributed by atoms with Crippen molar-refractivity contribution >= 4 is 29.8 Å². The normalized spacial score (nSPS) is 13.1. The van der Waals surface area contributed by atoms with E-state index in [0.717, 1.165) is 6.42 Å². The molecule has 3 heteroatoms. The molecule has 1 fully saturated rings. The van der Waals surface area contributed by atoms with Gasteiger partial charge in [-0.15, -0.1) is 0 Å². The molecule has 1 saturated heterocycles. The lowest BCUT2D eigenvalue weighted by Gasteiger charge is -2.18. The van der Waals surface area contributed by atoms with Gasteiger partial charge >= 0.3 is 5.97 Å². The maximum Gasteiger partial charge on any atom is 0.305 e. The van der Waals surface area contributed by atoms with E-state index >= 15 is 0 Å². The second-order valence-corrected chi connectivity index (χ2v) is 7.89. The van der Waals surface area contributed by atoms with Crippen LogP contribution in [0.1, 0.15) is 12.8 Å². The molecule has 1 aliphatic heterocycles. The Morgan fingerprint density at radius 3 is 1.28 bits per heavy atom. The molecule has 2 nitrogen and oxygen atoms in total. The summed E-state index contributed by atoms with van der Waals surface area (Å²) in [5, 5.41) is 4.19. The second kappa shape index (κ2) is 9.15. The van der Waals surface area contributed by atoms with Gasteiger partial charge in [-0.3, -0.25) is 4.79 Å². The van der Waals surface area contributed by atoms with Crippen LogP contribution < -0.4 is 15.9 Å². The number of esters is 1. The lowest BCUT2D eigenvalue weighted by atomic mass is 10.4. The molecular weight excluding hydrogens is 327 g/mol. The van der Waals surface area contributed by atoms with Gasteiger partial charge in [0, 0.05) is 6.42 Å². The van der Waals surface area contributed by atoms with Crippen molar-refractivity contribution in [2.45, 2.75) is 12.8 Å². The molecule has 25 heavy (non-hydrogen) atoms. The van der Waals surface area contributed by atoms with E-state index in [9.17, 15) is 4.79 Å². The van der Waals surface area contributed by atoms with Crippen molar-refractivity contribution in [3.63, 3.8) is 0 Å². The molecule has 4 rings (SSSR count). The molecule has 1 heterocycles. The van der Waals surface area contributed by atoms with Crippen LogP contribution in [0.2, 0.25) is 0 Å². The highest BCUT2D eigenvalue weighted by molar-refractivity contribution is 7.79. The van der Waals surface area contributed by atoms with Crippen LogP contribution in [0.4, 0.5) is 0 Å². The van der Waals surface area contributed by atoms with Crippen molar-refractivity contribution in [3.05, 3.63) is 91.0 Å². The first-order chi connectivity index (χ1) is 12.3. The summed E-state index contributed by atoms with van der Waals surface area (Å²) in [5.41, 5.74) is 0. The number of hydrogen-bond acceptors (Lipinski definition) is 2. The quantitative estimate of drug-likeness (QED) is 0.532. The second-order valence-electron chi connectivity index (χ2n) is 5.67. The number of rotatable bonds is 3. The molecule has 3 aromatic rings. The molecule has 126 valence electrons.